The molecule has 0 saturated carbocycles. The van der Waals surface area contributed by atoms with Gasteiger partial charge in [0.1, 0.15) is 18.3 Å². The van der Waals surface area contributed by atoms with Gasteiger partial charge in [0.15, 0.2) is 0 Å². The van der Waals surface area contributed by atoms with E-state index in [1.807, 2.05) is 89.2 Å². The molecular formula is C37H43N3O5S. The number of ether oxygens (including phenoxy) is 1. The summed E-state index contributed by atoms with van der Waals surface area (Å²) in [5, 5.41) is 2.98. The first-order valence-electron chi connectivity index (χ1n) is 15.3. The highest BCUT2D eigenvalue weighted by Crippen LogP contribution is 2.27. The fraction of sp³-hybridized carbons (Fsp3) is 0.297. The Morgan fingerprint density at radius 2 is 1.48 bits per heavy atom. The Bertz CT molecular complexity index is 1760. The largest absolute Gasteiger partial charge is 0.497 e. The van der Waals surface area contributed by atoms with Crippen LogP contribution >= 0.6 is 0 Å². The van der Waals surface area contributed by atoms with Crippen molar-refractivity contribution in [1.82, 2.24) is 10.2 Å². The Morgan fingerprint density at radius 1 is 0.804 bits per heavy atom. The van der Waals surface area contributed by atoms with E-state index < -0.39 is 28.5 Å². The number of methoxy groups -OCH3 is 1. The van der Waals surface area contributed by atoms with E-state index in [0.29, 0.717) is 11.4 Å². The van der Waals surface area contributed by atoms with Crippen LogP contribution in [0.5, 0.6) is 5.75 Å². The second-order valence-electron chi connectivity index (χ2n) is 11.8. The third kappa shape index (κ3) is 8.54. The first kappa shape index (κ1) is 34.2. The fourth-order valence-electron chi connectivity index (χ4n) is 5.15. The number of nitrogens with one attached hydrogen (secondary N) is 1. The zero-order chi connectivity index (χ0) is 33.4. The summed E-state index contributed by atoms with van der Waals surface area (Å²) in [5.41, 5.74) is 4.77. The lowest BCUT2D eigenvalue weighted by atomic mass is 10.0. The molecule has 0 aromatic heterocycles. The molecule has 2 amide bonds. The number of carbonyl (C=O) groups excluding carboxylic acids is 2. The SMILES string of the molecule is COc1cccc(CN(C(=O)CN(c2ccc(C)c(C)c2)S(=O)(=O)c2ccc(C)cc2)[C@H](Cc2ccccc2)C(=O)NC(C)C)c1. The summed E-state index contributed by atoms with van der Waals surface area (Å²) in [7, 11) is -2.61. The molecule has 0 radical (unpaired) electrons. The molecule has 8 nitrogen and oxygen atoms in total. The number of hydrogen-bond donors (Lipinski definition) is 1. The molecule has 4 aromatic carbocycles. The monoisotopic (exact) mass is 641 g/mol. The maximum atomic E-state index is 14.6. The molecule has 4 aromatic rings. The van der Waals surface area contributed by atoms with E-state index in [1.165, 1.54) is 4.90 Å². The average Bonchev–Trinajstić information content (AvgIpc) is 3.03. The van der Waals surface area contributed by atoms with Gasteiger partial charge in [0.25, 0.3) is 10.0 Å². The summed E-state index contributed by atoms with van der Waals surface area (Å²) < 4.78 is 35.1. The zero-order valence-corrected chi connectivity index (χ0v) is 28.2. The van der Waals surface area contributed by atoms with E-state index >= 15 is 0 Å². The average molecular weight is 642 g/mol. The normalized spacial score (nSPS) is 12.0. The van der Waals surface area contributed by atoms with Crippen molar-refractivity contribution in [3.63, 3.8) is 0 Å². The summed E-state index contributed by atoms with van der Waals surface area (Å²) >= 11 is 0. The lowest BCUT2D eigenvalue weighted by Crippen LogP contribution is -2.54. The Morgan fingerprint density at radius 3 is 2.11 bits per heavy atom. The van der Waals surface area contributed by atoms with Crippen LogP contribution in [0.3, 0.4) is 0 Å². The van der Waals surface area contributed by atoms with Crippen LogP contribution < -0.4 is 14.4 Å². The highest BCUT2D eigenvalue weighted by atomic mass is 32.2. The molecule has 0 fully saturated rings. The maximum absolute atomic E-state index is 14.6. The van der Waals surface area contributed by atoms with Gasteiger partial charge in [-0.25, -0.2) is 8.42 Å². The van der Waals surface area contributed by atoms with Crippen molar-refractivity contribution in [1.29, 1.82) is 0 Å². The number of hydrogen-bond acceptors (Lipinski definition) is 5. The minimum Gasteiger partial charge on any atom is -0.497 e. The smallest absolute Gasteiger partial charge is 0.264 e. The van der Waals surface area contributed by atoms with Crippen molar-refractivity contribution in [3.8, 4) is 5.75 Å². The van der Waals surface area contributed by atoms with Gasteiger partial charge in [-0.3, -0.25) is 13.9 Å². The van der Waals surface area contributed by atoms with Gasteiger partial charge in [-0.15, -0.1) is 0 Å². The summed E-state index contributed by atoms with van der Waals surface area (Å²) in [5.74, 6) is -0.236. The number of anilines is 1. The Balaban J connectivity index is 1.83. The number of sulfonamides is 1. The maximum Gasteiger partial charge on any atom is 0.264 e. The third-order valence-electron chi connectivity index (χ3n) is 7.86. The molecule has 0 bridgehead atoms. The topological polar surface area (TPSA) is 96.0 Å². The summed E-state index contributed by atoms with van der Waals surface area (Å²) in [6.07, 6.45) is 0.240. The molecule has 0 aliphatic rings. The first-order valence-corrected chi connectivity index (χ1v) is 16.8. The van der Waals surface area contributed by atoms with Crippen molar-refractivity contribution in [2.75, 3.05) is 18.0 Å². The van der Waals surface area contributed by atoms with Crippen molar-refractivity contribution in [3.05, 3.63) is 125 Å². The van der Waals surface area contributed by atoms with Crippen LogP contribution in [0.2, 0.25) is 0 Å². The lowest BCUT2D eigenvalue weighted by Gasteiger charge is -2.34. The lowest BCUT2D eigenvalue weighted by molar-refractivity contribution is -0.140. The van der Waals surface area contributed by atoms with Gasteiger partial charge in [0.05, 0.1) is 17.7 Å². The van der Waals surface area contributed by atoms with Gasteiger partial charge in [-0.2, -0.15) is 0 Å². The molecule has 0 aliphatic carbocycles. The van der Waals surface area contributed by atoms with Gasteiger partial charge >= 0.3 is 0 Å². The van der Waals surface area contributed by atoms with Gasteiger partial charge in [-0.1, -0.05) is 66.2 Å². The molecule has 1 atom stereocenters. The molecule has 0 spiro atoms. The van der Waals surface area contributed by atoms with E-state index in [-0.39, 0.29) is 29.8 Å². The second-order valence-corrected chi connectivity index (χ2v) is 13.7. The van der Waals surface area contributed by atoms with Crippen LogP contribution in [0.4, 0.5) is 5.69 Å². The predicted molar refractivity (Wildman–Crippen MR) is 182 cm³/mol. The van der Waals surface area contributed by atoms with Crippen LogP contribution in [-0.4, -0.2) is 50.9 Å². The minimum atomic E-state index is -4.17. The summed E-state index contributed by atoms with van der Waals surface area (Å²) in [6, 6.07) is 27.6. The molecule has 242 valence electrons. The molecule has 1 N–H and O–H groups in total. The quantitative estimate of drug-likeness (QED) is 0.194. The van der Waals surface area contributed by atoms with Crippen LogP contribution in [0, 0.1) is 20.8 Å². The third-order valence-corrected chi connectivity index (χ3v) is 9.64. The van der Waals surface area contributed by atoms with Crippen LogP contribution in [0.25, 0.3) is 0 Å². The van der Waals surface area contributed by atoms with E-state index in [0.717, 1.165) is 32.1 Å². The van der Waals surface area contributed by atoms with Crippen molar-refractivity contribution in [2.24, 2.45) is 0 Å². The highest BCUT2D eigenvalue weighted by molar-refractivity contribution is 7.92. The molecule has 9 heteroatoms. The molecule has 0 heterocycles. The molecular weight excluding hydrogens is 598 g/mol. The zero-order valence-electron chi connectivity index (χ0n) is 27.4. The number of rotatable bonds is 13. The molecule has 46 heavy (non-hydrogen) atoms. The number of carbonyl (C=O) groups is 2. The van der Waals surface area contributed by atoms with Gasteiger partial charge in [-0.05, 0) is 93.3 Å². The molecule has 0 unspecified atom stereocenters. The van der Waals surface area contributed by atoms with Gasteiger partial charge in [0, 0.05) is 19.0 Å². The van der Waals surface area contributed by atoms with E-state index in [4.69, 9.17) is 4.74 Å². The number of aryl methyl sites for hydroxylation is 3. The first-order chi connectivity index (χ1) is 21.9. The Hall–Kier alpha value is -4.63. The summed E-state index contributed by atoms with van der Waals surface area (Å²) in [6.45, 7) is 9.00. The van der Waals surface area contributed by atoms with Crippen LogP contribution in [0.15, 0.2) is 102 Å². The van der Waals surface area contributed by atoms with Crippen LogP contribution in [-0.2, 0) is 32.6 Å². The van der Waals surface area contributed by atoms with Crippen molar-refractivity contribution in [2.45, 2.75) is 64.6 Å². The van der Waals surface area contributed by atoms with Gasteiger partial charge in [0.2, 0.25) is 11.8 Å². The van der Waals surface area contributed by atoms with E-state index in [2.05, 4.69) is 5.32 Å². The van der Waals surface area contributed by atoms with E-state index in [9.17, 15) is 18.0 Å². The fourth-order valence-corrected chi connectivity index (χ4v) is 6.56. The Labute approximate surface area is 273 Å². The second kappa shape index (κ2) is 15.1. The Kier molecular flexibility index (Phi) is 11.2. The van der Waals surface area contributed by atoms with Gasteiger partial charge < -0.3 is 15.0 Å². The molecule has 0 aliphatic heterocycles. The number of nitrogens with zero attached hydrogens (tertiary/aromatic N) is 2. The minimum absolute atomic E-state index is 0.0599. The predicted octanol–water partition coefficient (Wildman–Crippen LogP) is 5.98. The molecule has 4 rings (SSSR count). The van der Waals surface area contributed by atoms with Crippen LogP contribution in [0.1, 0.15) is 41.7 Å². The number of benzene rings is 4. The van der Waals surface area contributed by atoms with Crippen molar-refractivity contribution < 1.29 is 22.7 Å². The standard InChI is InChI=1S/C37H43N3O5S/c1-26(2)38-37(42)35(23-30-11-8-7-9-12-30)39(24-31-13-10-14-33(22-31)45-6)36(41)25-40(32-18-17-28(4)29(5)21-32)46(43,44)34-19-15-27(3)16-20-34/h7-22,26,35H,23-25H2,1-6H3,(H,38,42)/t35-/m1/s1. The molecule has 0 saturated heterocycles. The van der Waals surface area contributed by atoms with Crippen molar-refractivity contribution >= 4 is 27.5 Å². The summed E-state index contributed by atoms with van der Waals surface area (Å²) in [4.78, 5) is 30.0. The van der Waals surface area contributed by atoms with E-state index in [1.54, 1.807) is 49.6 Å². The highest BCUT2D eigenvalue weighted by Gasteiger charge is 2.35. The number of amides is 2.